The van der Waals surface area contributed by atoms with Crippen molar-refractivity contribution in [1.82, 2.24) is 9.78 Å². The third-order valence-electron chi connectivity index (χ3n) is 2.20. The van der Waals surface area contributed by atoms with Crippen molar-refractivity contribution < 1.29 is 9.84 Å². The van der Waals surface area contributed by atoms with E-state index in [0.29, 0.717) is 6.61 Å². The van der Waals surface area contributed by atoms with Gasteiger partial charge in [0.25, 0.3) is 0 Å². The SMILES string of the molecule is COCCn1nc(C)c(CO)c1C. The van der Waals surface area contributed by atoms with E-state index < -0.39 is 0 Å². The highest BCUT2D eigenvalue weighted by molar-refractivity contribution is 5.23. The predicted molar refractivity (Wildman–Crippen MR) is 49.5 cm³/mol. The molecule has 0 atom stereocenters. The van der Waals surface area contributed by atoms with Crippen LogP contribution in [-0.4, -0.2) is 28.6 Å². The van der Waals surface area contributed by atoms with Gasteiger partial charge in [0.05, 0.1) is 25.5 Å². The van der Waals surface area contributed by atoms with Crippen LogP contribution in [0.25, 0.3) is 0 Å². The molecule has 0 aliphatic carbocycles. The molecule has 74 valence electrons. The van der Waals surface area contributed by atoms with Crippen molar-refractivity contribution in [3.63, 3.8) is 0 Å². The molecule has 0 saturated carbocycles. The van der Waals surface area contributed by atoms with E-state index in [4.69, 9.17) is 9.84 Å². The van der Waals surface area contributed by atoms with Crippen molar-refractivity contribution >= 4 is 0 Å². The van der Waals surface area contributed by atoms with E-state index in [2.05, 4.69) is 5.10 Å². The van der Waals surface area contributed by atoms with Gasteiger partial charge in [-0.2, -0.15) is 5.10 Å². The minimum absolute atomic E-state index is 0.0602. The summed E-state index contributed by atoms with van der Waals surface area (Å²) in [6, 6.07) is 0. The molecule has 0 saturated heterocycles. The topological polar surface area (TPSA) is 47.3 Å². The number of ether oxygens (including phenoxy) is 1. The van der Waals surface area contributed by atoms with E-state index in [1.165, 1.54) is 0 Å². The molecule has 1 heterocycles. The zero-order valence-electron chi connectivity index (χ0n) is 8.37. The van der Waals surface area contributed by atoms with Gasteiger partial charge in [-0.15, -0.1) is 0 Å². The molecule has 1 aromatic rings. The summed E-state index contributed by atoms with van der Waals surface area (Å²) in [5.41, 5.74) is 2.85. The van der Waals surface area contributed by atoms with Crippen LogP contribution in [0.2, 0.25) is 0 Å². The Hall–Kier alpha value is -0.870. The standard InChI is InChI=1S/C9H16N2O2/c1-7-9(6-12)8(2)11(10-7)4-5-13-3/h12H,4-6H2,1-3H3. The van der Waals surface area contributed by atoms with Gasteiger partial charge in [0.15, 0.2) is 0 Å². The van der Waals surface area contributed by atoms with Crippen molar-refractivity contribution in [3.05, 3.63) is 17.0 Å². The molecule has 0 bridgehead atoms. The predicted octanol–water partition coefficient (Wildman–Crippen LogP) is 0.639. The Kier molecular flexibility index (Phi) is 3.45. The van der Waals surface area contributed by atoms with Gasteiger partial charge >= 0.3 is 0 Å². The lowest BCUT2D eigenvalue weighted by Crippen LogP contribution is -2.07. The molecule has 0 radical (unpaired) electrons. The number of aliphatic hydroxyl groups is 1. The largest absolute Gasteiger partial charge is 0.392 e. The zero-order chi connectivity index (χ0) is 9.84. The smallest absolute Gasteiger partial charge is 0.0718 e. The Morgan fingerprint density at radius 1 is 1.46 bits per heavy atom. The molecule has 4 nitrogen and oxygen atoms in total. The fraction of sp³-hybridized carbons (Fsp3) is 0.667. The first-order valence-electron chi connectivity index (χ1n) is 4.33. The average Bonchev–Trinajstić information content (AvgIpc) is 2.38. The molecule has 0 aromatic carbocycles. The molecule has 0 fully saturated rings. The minimum Gasteiger partial charge on any atom is -0.392 e. The lowest BCUT2D eigenvalue weighted by molar-refractivity contribution is 0.182. The third-order valence-corrected chi connectivity index (χ3v) is 2.20. The maximum Gasteiger partial charge on any atom is 0.0718 e. The van der Waals surface area contributed by atoms with Gasteiger partial charge in [0.1, 0.15) is 0 Å². The van der Waals surface area contributed by atoms with Crippen LogP contribution in [0.1, 0.15) is 17.0 Å². The van der Waals surface area contributed by atoms with Crippen molar-refractivity contribution in [1.29, 1.82) is 0 Å². The van der Waals surface area contributed by atoms with Gasteiger partial charge in [-0.25, -0.2) is 0 Å². The molecule has 1 aromatic heterocycles. The van der Waals surface area contributed by atoms with E-state index >= 15 is 0 Å². The van der Waals surface area contributed by atoms with Crippen LogP contribution < -0.4 is 0 Å². The number of methoxy groups -OCH3 is 1. The van der Waals surface area contributed by atoms with Gasteiger partial charge < -0.3 is 9.84 Å². The van der Waals surface area contributed by atoms with Gasteiger partial charge in [-0.1, -0.05) is 0 Å². The van der Waals surface area contributed by atoms with Crippen molar-refractivity contribution in [2.45, 2.75) is 27.0 Å². The Balaban J connectivity index is 2.83. The lowest BCUT2D eigenvalue weighted by Gasteiger charge is -2.03. The molecule has 0 aliphatic rings. The average molecular weight is 184 g/mol. The Morgan fingerprint density at radius 2 is 2.15 bits per heavy atom. The molecule has 1 rings (SSSR count). The summed E-state index contributed by atoms with van der Waals surface area (Å²) in [6.45, 7) is 5.31. The first-order valence-corrected chi connectivity index (χ1v) is 4.33. The third kappa shape index (κ3) is 2.08. The number of aryl methyl sites for hydroxylation is 1. The normalized spacial score (nSPS) is 10.8. The second kappa shape index (κ2) is 4.39. The number of aliphatic hydroxyl groups excluding tert-OH is 1. The number of hydrogen-bond donors (Lipinski definition) is 1. The van der Waals surface area contributed by atoms with Crippen molar-refractivity contribution in [2.75, 3.05) is 13.7 Å². The number of hydrogen-bond acceptors (Lipinski definition) is 3. The van der Waals surface area contributed by atoms with Crippen LogP contribution in [0.15, 0.2) is 0 Å². The summed E-state index contributed by atoms with van der Waals surface area (Å²) >= 11 is 0. The molecule has 4 heteroatoms. The fourth-order valence-electron chi connectivity index (χ4n) is 1.36. The van der Waals surface area contributed by atoms with Gasteiger partial charge in [-0.3, -0.25) is 4.68 Å². The zero-order valence-corrected chi connectivity index (χ0v) is 8.37. The van der Waals surface area contributed by atoms with E-state index in [0.717, 1.165) is 23.5 Å². The summed E-state index contributed by atoms with van der Waals surface area (Å²) in [6.07, 6.45) is 0. The van der Waals surface area contributed by atoms with Crippen LogP contribution in [0.4, 0.5) is 0 Å². The lowest BCUT2D eigenvalue weighted by atomic mass is 10.2. The second-order valence-corrected chi connectivity index (χ2v) is 3.02. The molecular weight excluding hydrogens is 168 g/mol. The first-order chi connectivity index (χ1) is 6.20. The molecule has 13 heavy (non-hydrogen) atoms. The van der Waals surface area contributed by atoms with E-state index in [1.54, 1.807) is 7.11 Å². The van der Waals surface area contributed by atoms with Crippen LogP contribution >= 0.6 is 0 Å². The summed E-state index contributed by atoms with van der Waals surface area (Å²) in [5, 5.41) is 13.3. The quantitative estimate of drug-likeness (QED) is 0.747. The van der Waals surface area contributed by atoms with E-state index in [9.17, 15) is 0 Å². The summed E-state index contributed by atoms with van der Waals surface area (Å²) in [7, 11) is 1.67. The molecule has 0 amide bonds. The molecule has 0 spiro atoms. The van der Waals surface area contributed by atoms with Gasteiger partial charge in [-0.05, 0) is 13.8 Å². The van der Waals surface area contributed by atoms with Crippen LogP contribution in [-0.2, 0) is 17.9 Å². The van der Waals surface area contributed by atoms with Crippen LogP contribution in [0.5, 0.6) is 0 Å². The van der Waals surface area contributed by atoms with Crippen molar-refractivity contribution in [3.8, 4) is 0 Å². The molecular formula is C9H16N2O2. The molecule has 0 aliphatic heterocycles. The van der Waals surface area contributed by atoms with E-state index in [-0.39, 0.29) is 6.61 Å². The molecule has 0 unspecified atom stereocenters. The minimum atomic E-state index is 0.0602. The summed E-state index contributed by atoms with van der Waals surface area (Å²) in [4.78, 5) is 0. The fourth-order valence-corrected chi connectivity index (χ4v) is 1.36. The van der Waals surface area contributed by atoms with E-state index in [1.807, 2.05) is 18.5 Å². The summed E-state index contributed by atoms with van der Waals surface area (Å²) in [5.74, 6) is 0. The highest BCUT2D eigenvalue weighted by Gasteiger charge is 2.09. The van der Waals surface area contributed by atoms with Crippen molar-refractivity contribution in [2.24, 2.45) is 0 Å². The highest BCUT2D eigenvalue weighted by Crippen LogP contribution is 2.12. The summed E-state index contributed by atoms with van der Waals surface area (Å²) < 4.78 is 6.83. The maximum absolute atomic E-state index is 9.05. The first kappa shape index (κ1) is 10.2. The number of nitrogens with zero attached hydrogens (tertiary/aromatic N) is 2. The Bertz CT molecular complexity index is 281. The Labute approximate surface area is 78.1 Å². The van der Waals surface area contributed by atoms with Gasteiger partial charge in [0.2, 0.25) is 0 Å². The Morgan fingerprint density at radius 3 is 2.62 bits per heavy atom. The second-order valence-electron chi connectivity index (χ2n) is 3.02. The number of aromatic nitrogens is 2. The number of rotatable bonds is 4. The van der Waals surface area contributed by atoms with Crippen LogP contribution in [0, 0.1) is 13.8 Å². The monoisotopic (exact) mass is 184 g/mol. The van der Waals surface area contributed by atoms with Gasteiger partial charge in [0, 0.05) is 18.4 Å². The highest BCUT2D eigenvalue weighted by atomic mass is 16.5. The maximum atomic E-state index is 9.05. The van der Waals surface area contributed by atoms with Crippen LogP contribution in [0.3, 0.4) is 0 Å². The molecule has 1 N–H and O–H groups in total.